The van der Waals surface area contributed by atoms with Crippen molar-refractivity contribution in [2.75, 3.05) is 33.8 Å². The molecule has 7 nitrogen and oxygen atoms in total. The largest absolute Gasteiger partial charge is 0.469 e. The number of methoxy groups -OCH3 is 1. The van der Waals surface area contributed by atoms with E-state index in [1.807, 2.05) is 0 Å². The molecule has 0 unspecified atom stereocenters. The zero-order valence-electron chi connectivity index (χ0n) is 11.2. The molecule has 0 aromatic heterocycles. The average Bonchev–Trinajstić information content (AvgIpc) is 2.35. The molecule has 9 heteroatoms. The van der Waals surface area contributed by atoms with Gasteiger partial charge in [0.05, 0.1) is 13.5 Å². The summed E-state index contributed by atoms with van der Waals surface area (Å²) < 4.78 is 31.4. The van der Waals surface area contributed by atoms with Gasteiger partial charge in [0.1, 0.15) is 0 Å². The summed E-state index contributed by atoms with van der Waals surface area (Å²) in [5, 5.41) is 0. The van der Waals surface area contributed by atoms with Crippen LogP contribution in [-0.4, -0.2) is 62.8 Å². The maximum atomic E-state index is 12.2. The average molecular weight is 316 g/mol. The van der Waals surface area contributed by atoms with Crippen LogP contribution in [0.3, 0.4) is 0 Å². The number of ether oxygens (including phenoxy) is 1. The third kappa shape index (κ3) is 5.23. The Bertz CT molecular complexity index is 382. The van der Waals surface area contributed by atoms with Gasteiger partial charge < -0.3 is 10.5 Å². The molecule has 114 valence electrons. The molecule has 1 heterocycles. The van der Waals surface area contributed by atoms with Gasteiger partial charge in [0, 0.05) is 32.7 Å². The monoisotopic (exact) mass is 315 g/mol. The fourth-order valence-corrected chi connectivity index (χ4v) is 3.16. The number of hydrogen-bond donors (Lipinski definition) is 1. The standard InChI is InChI=1S/C10H21N3O4S.ClH/c1-12(6-5-10(14)17-2)18(15,16)13-7-3-9(11)4-8-13;/h9H,3-8,11H2,1-2H3;1H. The summed E-state index contributed by atoms with van der Waals surface area (Å²) in [7, 11) is -0.740. The number of piperidine rings is 1. The van der Waals surface area contributed by atoms with Crippen LogP contribution < -0.4 is 5.73 Å². The van der Waals surface area contributed by atoms with Crippen LogP contribution in [-0.2, 0) is 19.7 Å². The molecule has 0 atom stereocenters. The van der Waals surface area contributed by atoms with Crippen LogP contribution in [0.4, 0.5) is 0 Å². The van der Waals surface area contributed by atoms with Gasteiger partial charge in [-0.1, -0.05) is 0 Å². The molecule has 0 aromatic carbocycles. The molecule has 1 fully saturated rings. The molecule has 0 aliphatic carbocycles. The lowest BCUT2D eigenvalue weighted by Crippen LogP contribution is -2.48. The van der Waals surface area contributed by atoms with Crippen molar-refractivity contribution in [3.05, 3.63) is 0 Å². The van der Waals surface area contributed by atoms with Crippen LogP contribution in [0.15, 0.2) is 0 Å². The van der Waals surface area contributed by atoms with Crippen LogP contribution in [0.5, 0.6) is 0 Å². The lowest BCUT2D eigenvalue weighted by Gasteiger charge is -2.32. The molecule has 2 N–H and O–H groups in total. The van der Waals surface area contributed by atoms with Crippen molar-refractivity contribution in [3.8, 4) is 0 Å². The van der Waals surface area contributed by atoms with Gasteiger partial charge in [0.25, 0.3) is 10.2 Å². The topological polar surface area (TPSA) is 92.9 Å². The van der Waals surface area contributed by atoms with E-state index < -0.39 is 16.2 Å². The van der Waals surface area contributed by atoms with Gasteiger partial charge in [0.15, 0.2) is 0 Å². The van der Waals surface area contributed by atoms with Gasteiger partial charge in [-0.3, -0.25) is 4.79 Å². The van der Waals surface area contributed by atoms with Crippen molar-refractivity contribution in [3.63, 3.8) is 0 Å². The van der Waals surface area contributed by atoms with E-state index in [-0.39, 0.29) is 31.4 Å². The number of carbonyl (C=O) groups is 1. The third-order valence-corrected chi connectivity index (χ3v) is 5.07. The van der Waals surface area contributed by atoms with Crippen molar-refractivity contribution in [1.29, 1.82) is 0 Å². The van der Waals surface area contributed by atoms with Crippen molar-refractivity contribution in [2.24, 2.45) is 5.73 Å². The van der Waals surface area contributed by atoms with E-state index in [4.69, 9.17) is 5.73 Å². The highest BCUT2D eigenvalue weighted by molar-refractivity contribution is 7.86. The molecule has 0 spiro atoms. The molecule has 19 heavy (non-hydrogen) atoms. The molecule has 0 saturated carbocycles. The Labute approximate surface area is 120 Å². The highest BCUT2D eigenvalue weighted by atomic mass is 35.5. The van der Waals surface area contributed by atoms with E-state index in [0.717, 1.165) is 0 Å². The molecule has 0 aromatic rings. The Morgan fingerprint density at radius 3 is 2.42 bits per heavy atom. The predicted octanol–water partition coefficient (Wildman–Crippen LogP) is -0.429. The molecular weight excluding hydrogens is 294 g/mol. The number of carbonyl (C=O) groups excluding carboxylic acids is 1. The molecule has 1 aliphatic rings. The summed E-state index contributed by atoms with van der Waals surface area (Å²) in [4.78, 5) is 11.0. The summed E-state index contributed by atoms with van der Waals surface area (Å²) in [6.45, 7) is 0.996. The summed E-state index contributed by atoms with van der Waals surface area (Å²) in [5.74, 6) is -0.419. The summed E-state index contributed by atoms with van der Waals surface area (Å²) in [6.07, 6.45) is 1.40. The third-order valence-electron chi connectivity index (χ3n) is 3.08. The SMILES string of the molecule is COC(=O)CCN(C)S(=O)(=O)N1CCC(N)CC1.Cl. The van der Waals surface area contributed by atoms with Gasteiger partial charge in [-0.25, -0.2) is 0 Å². The van der Waals surface area contributed by atoms with E-state index in [2.05, 4.69) is 4.74 Å². The highest BCUT2D eigenvalue weighted by Gasteiger charge is 2.30. The van der Waals surface area contributed by atoms with E-state index in [1.54, 1.807) is 0 Å². The predicted molar refractivity (Wildman–Crippen MR) is 74.2 cm³/mol. The molecular formula is C10H22ClN3O4S. The molecule has 0 amide bonds. The summed E-state index contributed by atoms with van der Waals surface area (Å²) in [5.41, 5.74) is 5.74. The fourth-order valence-electron chi connectivity index (χ4n) is 1.77. The lowest BCUT2D eigenvalue weighted by atomic mass is 10.1. The molecule has 0 bridgehead atoms. The normalized spacial score (nSPS) is 18.1. The van der Waals surface area contributed by atoms with Crippen LogP contribution in [0.25, 0.3) is 0 Å². The number of esters is 1. The first-order valence-electron chi connectivity index (χ1n) is 5.91. The zero-order chi connectivity index (χ0) is 13.8. The second kappa shape index (κ2) is 8.01. The molecule has 1 rings (SSSR count). The van der Waals surface area contributed by atoms with Crippen molar-refractivity contribution in [2.45, 2.75) is 25.3 Å². The smallest absolute Gasteiger partial charge is 0.306 e. The zero-order valence-corrected chi connectivity index (χ0v) is 12.9. The number of hydrogen-bond acceptors (Lipinski definition) is 5. The van der Waals surface area contributed by atoms with E-state index in [0.29, 0.717) is 25.9 Å². The Morgan fingerprint density at radius 1 is 1.42 bits per heavy atom. The number of nitrogens with zero attached hydrogens (tertiary/aromatic N) is 2. The Balaban J connectivity index is 0.00000324. The van der Waals surface area contributed by atoms with Crippen LogP contribution in [0, 0.1) is 0 Å². The molecule has 1 aliphatic heterocycles. The first-order valence-corrected chi connectivity index (χ1v) is 7.31. The Hall–Kier alpha value is -0.410. The lowest BCUT2D eigenvalue weighted by molar-refractivity contribution is -0.140. The van der Waals surface area contributed by atoms with Gasteiger partial charge in [-0.05, 0) is 12.8 Å². The van der Waals surface area contributed by atoms with Crippen molar-refractivity contribution >= 4 is 28.6 Å². The number of rotatable bonds is 5. The minimum absolute atomic E-state index is 0. The highest BCUT2D eigenvalue weighted by Crippen LogP contribution is 2.15. The minimum Gasteiger partial charge on any atom is -0.469 e. The number of halogens is 1. The first-order chi connectivity index (χ1) is 8.37. The Morgan fingerprint density at radius 2 is 1.95 bits per heavy atom. The van der Waals surface area contributed by atoms with E-state index >= 15 is 0 Å². The molecule has 1 saturated heterocycles. The molecule has 0 radical (unpaired) electrons. The van der Waals surface area contributed by atoms with Crippen molar-refractivity contribution in [1.82, 2.24) is 8.61 Å². The Kier molecular flexibility index (Phi) is 7.83. The van der Waals surface area contributed by atoms with Crippen LogP contribution >= 0.6 is 12.4 Å². The van der Waals surface area contributed by atoms with E-state index in [1.165, 1.54) is 22.8 Å². The maximum absolute atomic E-state index is 12.2. The summed E-state index contributed by atoms with van der Waals surface area (Å²) in [6, 6.07) is 0.0804. The number of nitrogens with two attached hydrogens (primary N) is 1. The first kappa shape index (κ1) is 18.6. The quantitative estimate of drug-likeness (QED) is 0.695. The van der Waals surface area contributed by atoms with Gasteiger partial charge in [0.2, 0.25) is 0 Å². The van der Waals surface area contributed by atoms with Crippen LogP contribution in [0.1, 0.15) is 19.3 Å². The van der Waals surface area contributed by atoms with E-state index in [9.17, 15) is 13.2 Å². The van der Waals surface area contributed by atoms with Gasteiger partial charge in [-0.15, -0.1) is 12.4 Å². The minimum atomic E-state index is -3.49. The van der Waals surface area contributed by atoms with Gasteiger partial charge >= 0.3 is 5.97 Å². The second-order valence-corrected chi connectivity index (χ2v) is 6.43. The second-order valence-electron chi connectivity index (χ2n) is 4.39. The van der Waals surface area contributed by atoms with Crippen molar-refractivity contribution < 1.29 is 17.9 Å². The van der Waals surface area contributed by atoms with Gasteiger partial charge in [-0.2, -0.15) is 17.0 Å². The maximum Gasteiger partial charge on any atom is 0.306 e. The summed E-state index contributed by atoms with van der Waals surface area (Å²) >= 11 is 0. The van der Waals surface area contributed by atoms with Crippen LogP contribution in [0.2, 0.25) is 0 Å². The fraction of sp³-hybridized carbons (Fsp3) is 0.900.